The third-order valence-electron chi connectivity index (χ3n) is 3.09. The van der Waals surface area contributed by atoms with Gasteiger partial charge in [-0.25, -0.2) is 0 Å². The molecule has 0 saturated heterocycles. The first-order valence-corrected chi connectivity index (χ1v) is 6.22. The summed E-state index contributed by atoms with van der Waals surface area (Å²) in [7, 11) is 2.16. The molecule has 0 radical (unpaired) electrons. The first-order valence-electron chi connectivity index (χ1n) is 5.43. The molecule has 1 aromatic carbocycles. The van der Waals surface area contributed by atoms with E-state index in [1.54, 1.807) is 0 Å². The van der Waals surface area contributed by atoms with Gasteiger partial charge in [-0.2, -0.15) is 0 Å². The minimum Gasteiger partial charge on any atom is -0.374 e. The Balaban J connectivity index is 2.23. The largest absolute Gasteiger partial charge is 0.374 e. The van der Waals surface area contributed by atoms with Gasteiger partial charge in [0.25, 0.3) is 0 Å². The van der Waals surface area contributed by atoms with Gasteiger partial charge in [-0.1, -0.05) is 15.9 Å². The summed E-state index contributed by atoms with van der Waals surface area (Å²) in [6.07, 6.45) is 2.31. The zero-order chi connectivity index (χ0) is 10.8. The molecule has 2 rings (SSSR count). The molecule has 0 aromatic heterocycles. The number of nitrogens with two attached hydrogens (primary N) is 1. The molecule has 1 aliphatic heterocycles. The van der Waals surface area contributed by atoms with E-state index in [2.05, 4.69) is 46.1 Å². The van der Waals surface area contributed by atoms with Crippen LogP contribution in [0.2, 0.25) is 0 Å². The number of nitrogens with zero attached hydrogens (tertiary/aromatic N) is 1. The quantitative estimate of drug-likeness (QED) is 0.914. The van der Waals surface area contributed by atoms with Crippen LogP contribution in [0.5, 0.6) is 0 Å². The molecule has 0 spiro atoms. The number of benzene rings is 1. The summed E-state index contributed by atoms with van der Waals surface area (Å²) >= 11 is 3.54. The Morgan fingerprint density at radius 3 is 3.07 bits per heavy atom. The predicted octanol–water partition coefficient (Wildman–Crippen LogP) is 2.72. The molecule has 2 nitrogen and oxygen atoms in total. The first kappa shape index (κ1) is 11.0. The summed E-state index contributed by atoms with van der Waals surface area (Å²) in [5.41, 5.74) is 8.42. The smallest absolute Gasteiger partial charge is 0.0400 e. The number of halogens is 1. The summed E-state index contributed by atoms with van der Waals surface area (Å²) in [4.78, 5) is 2.34. The van der Waals surface area contributed by atoms with E-state index in [9.17, 15) is 0 Å². The molecular weight excluding hydrogens is 252 g/mol. The molecule has 1 unspecified atom stereocenters. The Kier molecular flexibility index (Phi) is 3.32. The van der Waals surface area contributed by atoms with Crippen LogP contribution >= 0.6 is 15.9 Å². The van der Waals surface area contributed by atoms with Crippen molar-refractivity contribution in [1.82, 2.24) is 0 Å². The highest BCUT2D eigenvalue weighted by atomic mass is 79.9. The van der Waals surface area contributed by atoms with E-state index < -0.39 is 0 Å². The van der Waals surface area contributed by atoms with Crippen molar-refractivity contribution in [2.24, 2.45) is 5.73 Å². The monoisotopic (exact) mass is 268 g/mol. The lowest BCUT2D eigenvalue weighted by molar-refractivity contribution is 0.621. The molecule has 1 aromatic rings. The Hall–Kier alpha value is -0.540. The van der Waals surface area contributed by atoms with E-state index >= 15 is 0 Å². The number of fused-ring (bicyclic) bond motifs is 1. The molecule has 15 heavy (non-hydrogen) atoms. The predicted molar refractivity (Wildman–Crippen MR) is 68.4 cm³/mol. The van der Waals surface area contributed by atoms with Gasteiger partial charge in [0.2, 0.25) is 0 Å². The zero-order valence-corrected chi connectivity index (χ0v) is 10.6. The zero-order valence-electron chi connectivity index (χ0n) is 9.04. The molecule has 0 amide bonds. The standard InChI is InChI=1S/C12H17BrN2/c1-15-8-9(3-2-6-14)11-7-10(13)4-5-12(11)15/h4-5,7,9H,2-3,6,8,14H2,1H3. The second kappa shape index (κ2) is 4.54. The lowest BCUT2D eigenvalue weighted by Crippen LogP contribution is -2.15. The minimum atomic E-state index is 0.658. The number of rotatable bonds is 3. The van der Waals surface area contributed by atoms with Crippen molar-refractivity contribution in [3.05, 3.63) is 28.2 Å². The van der Waals surface area contributed by atoms with Gasteiger partial charge in [-0.15, -0.1) is 0 Å². The third-order valence-corrected chi connectivity index (χ3v) is 3.58. The van der Waals surface area contributed by atoms with Crippen LogP contribution in [0, 0.1) is 0 Å². The van der Waals surface area contributed by atoms with Crippen molar-refractivity contribution >= 4 is 21.6 Å². The van der Waals surface area contributed by atoms with Crippen LogP contribution in [-0.4, -0.2) is 20.1 Å². The van der Waals surface area contributed by atoms with Gasteiger partial charge >= 0.3 is 0 Å². The van der Waals surface area contributed by atoms with E-state index in [1.165, 1.54) is 22.1 Å². The van der Waals surface area contributed by atoms with Crippen molar-refractivity contribution in [2.45, 2.75) is 18.8 Å². The maximum Gasteiger partial charge on any atom is 0.0400 e. The SMILES string of the molecule is CN1CC(CCCN)c2cc(Br)ccc21. The minimum absolute atomic E-state index is 0.658. The lowest BCUT2D eigenvalue weighted by Gasteiger charge is -2.12. The number of hydrogen-bond donors (Lipinski definition) is 1. The van der Waals surface area contributed by atoms with Crippen molar-refractivity contribution in [3.8, 4) is 0 Å². The topological polar surface area (TPSA) is 29.3 Å². The molecule has 0 saturated carbocycles. The van der Waals surface area contributed by atoms with Gasteiger partial charge in [0.15, 0.2) is 0 Å². The fraction of sp³-hybridized carbons (Fsp3) is 0.500. The van der Waals surface area contributed by atoms with Crippen LogP contribution < -0.4 is 10.6 Å². The second-order valence-electron chi connectivity index (χ2n) is 4.21. The highest BCUT2D eigenvalue weighted by Gasteiger charge is 2.25. The van der Waals surface area contributed by atoms with Crippen molar-refractivity contribution in [3.63, 3.8) is 0 Å². The van der Waals surface area contributed by atoms with Crippen LogP contribution in [-0.2, 0) is 0 Å². The Morgan fingerprint density at radius 2 is 2.33 bits per heavy atom. The van der Waals surface area contributed by atoms with E-state index in [1.807, 2.05) is 0 Å². The van der Waals surface area contributed by atoms with Gasteiger partial charge in [0, 0.05) is 29.7 Å². The molecule has 1 aliphatic rings. The van der Waals surface area contributed by atoms with Crippen LogP contribution in [0.1, 0.15) is 24.3 Å². The number of anilines is 1. The molecule has 0 bridgehead atoms. The van der Waals surface area contributed by atoms with Gasteiger partial charge < -0.3 is 10.6 Å². The summed E-state index contributed by atoms with van der Waals surface area (Å²) in [6.45, 7) is 1.93. The highest BCUT2D eigenvalue weighted by Crippen LogP contribution is 2.39. The molecular formula is C12H17BrN2. The summed E-state index contributed by atoms with van der Waals surface area (Å²) < 4.78 is 1.18. The second-order valence-corrected chi connectivity index (χ2v) is 5.13. The molecule has 0 aliphatic carbocycles. The lowest BCUT2D eigenvalue weighted by atomic mass is 9.96. The molecule has 82 valence electrons. The molecule has 0 fully saturated rings. The molecule has 3 heteroatoms. The number of likely N-dealkylation sites (N-methyl/N-ethyl adjacent to an activating group) is 1. The molecule has 1 heterocycles. The van der Waals surface area contributed by atoms with Gasteiger partial charge in [-0.05, 0) is 43.1 Å². The van der Waals surface area contributed by atoms with Crippen LogP contribution in [0.15, 0.2) is 22.7 Å². The summed E-state index contributed by atoms with van der Waals surface area (Å²) in [5, 5.41) is 0. The van der Waals surface area contributed by atoms with Gasteiger partial charge in [0.05, 0.1) is 0 Å². The molecule has 1 atom stereocenters. The van der Waals surface area contributed by atoms with Gasteiger partial charge in [-0.3, -0.25) is 0 Å². The first-order chi connectivity index (χ1) is 7.22. The Labute approximate surface area is 99.6 Å². The third kappa shape index (κ3) is 2.18. The van der Waals surface area contributed by atoms with E-state index in [4.69, 9.17) is 5.73 Å². The van der Waals surface area contributed by atoms with Crippen molar-refractivity contribution in [1.29, 1.82) is 0 Å². The fourth-order valence-corrected chi connectivity index (χ4v) is 2.72. The van der Waals surface area contributed by atoms with Crippen LogP contribution in [0.25, 0.3) is 0 Å². The highest BCUT2D eigenvalue weighted by molar-refractivity contribution is 9.10. The maximum absolute atomic E-state index is 5.57. The van der Waals surface area contributed by atoms with E-state index in [0.29, 0.717) is 5.92 Å². The van der Waals surface area contributed by atoms with E-state index in [0.717, 1.165) is 19.5 Å². The maximum atomic E-state index is 5.57. The molecule has 2 N–H and O–H groups in total. The summed E-state index contributed by atoms with van der Waals surface area (Å²) in [5.74, 6) is 0.658. The number of hydrogen-bond acceptors (Lipinski definition) is 2. The van der Waals surface area contributed by atoms with Crippen LogP contribution in [0.4, 0.5) is 5.69 Å². The van der Waals surface area contributed by atoms with Crippen molar-refractivity contribution in [2.75, 3.05) is 25.0 Å². The fourth-order valence-electron chi connectivity index (χ4n) is 2.34. The average Bonchev–Trinajstić information content (AvgIpc) is 2.52. The summed E-state index contributed by atoms with van der Waals surface area (Å²) in [6, 6.07) is 6.56. The van der Waals surface area contributed by atoms with Gasteiger partial charge in [0.1, 0.15) is 0 Å². The van der Waals surface area contributed by atoms with E-state index in [-0.39, 0.29) is 0 Å². The Morgan fingerprint density at radius 1 is 1.53 bits per heavy atom. The van der Waals surface area contributed by atoms with Crippen molar-refractivity contribution < 1.29 is 0 Å². The normalized spacial score (nSPS) is 19.4. The van der Waals surface area contributed by atoms with Crippen LogP contribution in [0.3, 0.4) is 0 Å². The average molecular weight is 269 g/mol. The Bertz CT molecular complexity index is 351.